The van der Waals surface area contributed by atoms with Crippen molar-refractivity contribution in [3.05, 3.63) is 12.2 Å². The van der Waals surface area contributed by atoms with Gasteiger partial charge in [0.05, 0.1) is 34.4 Å². The summed E-state index contributed by atoms with van der Waals surface area (Å²) in [6.07, 6.45) is 56.1. The zero-order chi connectivity index (χ0) is 49.9. The van der Waals surface area contributed by atoms with Crippen molar-refractivity contribution in [1.29, 1.82) is 0 Å². The number of esters is 2. The summed E-state index contributed by atoms with van der Waals surface area (Å²) in [7, 11) is 5.97. The largest absolute Gasteiger partial charge is 0.477 e. The van der Waals surface area contributed by atoms with Crippen LogP contribution < -0.4 is 0 Å². The van der Waals surface area contributed by atoms with E-state index in [1.165, 1.54) is 225 Å². The first-order chi connectivity index (χ1) is 33.1. The van der Waals surface area contributed by atoms with Gasteiger partial charge in [0.2, 0.25) is 0 Å². The summed E-state index contributed by atoms with van der Waals surface area (Å²) < 4.78 is 22.8. The monoisotopic (exact) mass is 965 g/mol. The van der Waals surface area contributed by atoms with Gasteiger partial charge in [-0.3, -0.25) is 9.59 Å². The van der Waals surface area contributed by atoms with Gasteiger partial charge in [-0.25, -0.2) is 4.79 Å². The highest BCUT2D eigenvalue weighted by molar-refractivity contribution is 5.71. The number of rotatable bonds is 55. The number of carbonyl (C=O) groups is 3. The summed E-state index contributed by atoms with van der Waals surface area (Å²) in [5, 5.41) is 9.66. The topological polar surface area (TPSA) is 108 Å². The van der Waals surface area contributed by atoms with Crippen molar-refractivity contribution in [1.82, 2.24) is 0 Å². The predicted molar refractivity (Wildman–Crippen MR) is 286 cm³/mol. The first kappa shape index (κ1) is 66.0. The van der Waals surface area contributed by atoms with Crippen molar-refractivity contribution in [3.8, 4) is 0 Å². The molecule has 0 aliphatic heterocycles. The molecule has 0 aromatic carbocycles. The van der Waals surface area contributed by atoms with Crippen molar-refractivity contribution in [2.24, 2.45) is 0 Å². The Kier molecular flexibility index (Phi) is 49.9. The highest BCUT2D eigenvalue weighted by Crippen LogP contribution is 2.17. The van der Waals surface area contributed by atoms with E-state index in [-0.39, 0.29) is 38.2 Å². The lowest BCUT2D eigenvalue weighted by atomic mass is 10.0. The van der Waals surface area contributed by atoms with Crippen LogP contribution in [0, 0.1) is 0 Å². The van der Waals surface area contributed by atoms with Crippen LogP contribution in [0.25, 0.3) is 0 Å². The number of quaternary nitrogens is 1. The zero-order valence-electron chi connectivity index (χ0n) is 45.8. The summed E-state index contributed by atoms with van der Waals surface area (Å²) in [4.78, 5) is 37.2. The number of carboxylic acids is 1. The van der Waals surface area contributed by atoms with Crippen LogP contribution in [0.4, 0.5) is 0 Å². The van der Waals surface area contributed by atoms with Crippen LogP contribution in [0.15, 0.2) is 12.2 Å². The summed E-state index contributed by atoms with van der Waals surface area (Å²) in [6.45, 7) is 4.90. The standard InChI is InChI=1S/C59H113NO8/c1-6-8-10-12-14-16-18-19-20-21-22-23-24-25-26-27-28-29-30-31-32-33-34-35-36-37-38-39-40-42-44-46-48-50-57(62)68-55(54-67-59(58(63)64)65-52-51-60(3,4)5)53-66-56(61)49-47-45-43-41-17-15-13-11-9-7-2/h21-22,55,59H,6-20,23-54H2,1-5H3/p+1/b22-21-. The molecule has 1 N–H and O–H groups in total. The number of carbonyl (C=O) groups excluding carboxylic acids is 2. The van der Waals surface area contributed by atoms with Gasteiger partial charge in [-0.05, 0) is 38.5 Å². The van der Waals surface area contributed by atoms with Gasteiger partial charge in [-0.15, -0.1) is 0 Å². The third-order valence-corrected chi connectivity index (χ3v) is 13.3. The highest BCUT2D eigenvalue weighted by atomic mass is 16.7. The molecule has 0 saturated heterocycles. The number of allylic oxidation sites excluding steroid dienone is 2. The average Bonchev–Trinajstić information content (AvgIpc) is 3.30. The van der Waals surface area contributed by atoms with Gasteiger partial charge in [0.1, 0.15) is 13.2 Å². The number of unbranched alkanes of at least 4 members (excludes halogenated alkanes) is 38. The maximum absolute atomic E-state index is 12.8. The van der Waals surface area contributed by atoms with Gasteiger partial charge in [-0.1, -0.05) is 251 Å². The van der Waals surface area contributed by atoms with Crippen LogP contribution in [-0.4, -0.2) is 87.4 Å². The van der Waals surface area contributed by atoms with Crippen molar-refractivity contribution in [2.45, 2.75) is 302 Å². The molecule has 402 valence electrons. The first-order valence-electron chi connectivity index (χ1n) is 29.4. The van der Waals surface area contributed by atoms with Gasteiger partial charge in [0, 0.05) is 12.8 Å². The van der Waals surface area contributed by atoms with E-state index >= 15 is 0 Å². The Hall–Kier alpha value is -1.97. The molecule has 0 aromatic rings. The van der Waals surface area contributed by atoms with Crippen LogP contribution in [-0.2, 0) is 33.3 Å². The van der Waals surface area contributed by atoms with Crippen LogP contribution in [0.3, 0.4) is 0 Å². The van der Waals surface area contributed by atoms with E-state index in [1.807, 2.05) is 21.1 Å². The Balaban J connectivity index is 3.97. The minimum absolute atomic E-state index is 0.175. The van der Waals surface area contributed by atoms with Crippen molar-refractivity contribution in [2.75, 3.05) is 47.5 Å². The number of aliphatic carboxylic acids is 1. The van der Waals surface area contributed by atoms with Gasteiger partial charge in [0.25, 0.3) is 6.29 Å². The molecule has 0 aliphatic rings. The summed E-state index contributed by atoms with van der Waals surface area (Å²) >= 11 is 0. The third kappa shape index (κ3) is 51.9. The molecular formula is C59H114NO8+. The van der Waals surface area contributed by atoms with Crippen molar-refractivity contribution in [3.63, 3.8) is 0 Å². The molecule has 2 unspecified atom stereocenters. The second-order valence-electron chi connectivity index (χ2n) is 21.3. The van der Waals surface area contributed by atoms with Crippen LogP contribution >= 0.6 is 0 Å². The molecule has 0 aliphatic carbocycles. The Morgan fingerprint density at radius 3 is 1.09 bits per heavy atom. The Bertz CT molecular complexity index is 1120. The Morgan fingerprint density at radius 2 is 0.750 bits per heavy atom. The fourth-order valence-corrected chi connectivity index (χ4v) is 8.72. The van der Waals surface area contributed by atoms with E-state index in [0.29, 0.717) is 17.4 Å². The maximum atomic E-state index is 12.8. The number of nitrogens with zero attached hydrogens (tertiary/aromatic N) is 1. The molecule has 9 heteroatoms. The molecular weight excluding hydrogens is 851 g/mol. The molecule has 68 heavy (non-hydrogen) atoms. The fourth-order valence-electron chi connectivity index (χ4n) is 8.72. The van der Waals surface area contributed by atoms with E-state index in [0.717, 1.165) is 38.5 Å². The molecule has 0 heterocycles. The summed E-state index contributed by atoms with van der Waals surface area (Å²) in [5.41, 5.74) is 0. The molecule has 0 bridgehead atoms. The Morgan fingerprint density at radius 1 is 0.426 bits per heavy atom. The molecule has 0 aromatic heterocycles. The number of likely N-dealkylation sites (N-methyl/N-ethyl adjacent to an activating group) is 1. The van der Waals surface area contributed by atoms with Crippen molar-refractivity contribution < 1.29 is 42.9 Å². The number of hydrogen-bond acceptors (Lipinski definition) is 7. The summed E-state index contributed by atoms with van der Waals surface area (Å²) in [6, 6.07) is 0. The third-order valence-electron chi connectivity index (χ3n) is 13.3. The second-order valence-corrected chi connectivity index (χ2v) is 21.3. The molecule has 0 rings (SSSR count). The average molecular weight is 966 g/mol. The fraction of sp³-hybridized carbons (Fsp3) is 0.915. The lowest BCUT2D eigenvalue weighted by Crippen LogP contribution is -2.40. The smallest absolute Gasteiger partial charge is 0.361 e. The lowest BCUT2D eigenvalue weighted by Gasteiger charge is -2.25. The number of carboxylic acid groups (broad SMARTS) is 1. The van der Waals surface area contributed by atoms with E-state index in [4.69, 9.17) is 18.9 Å². The minimum atomic E-state index is -1.50. The number of ether oxygens (including phenoxy) is 4. The van der Waals surface area contributed by atoms with E-state index in [2.05, 4.69) is 26.0 Å². The van der Waals surface area contributed by atoms with Crippen molar-refractivity contribution >= 4 is 17.9 Å². The molecule has 0 fully saturated rings. The molecule has 0 saturated carbocycles. The Labute approximate surface area is 421 Å². The molecule has 9 nitrogen and oxygen atoms in total. The van der Waals surface area contributed by atoms with E-state index in [1.54, 1.807) is 0 Å². The van der Waals surface area contributed by atoms with E-state index < -0.39 is 18.4 Å². The first-order valence-corrected chi connectivity index (χ1v) is 29.4. The van der Waals surface area contributed by atoms with Gasteiger partial charge in [0.15, 0.2) is 6.10 Å². The zero-order valence-corrected chi connectivity index (χ0v) is 45.8. The summed E-state index contributed by atoms with van der Waals surface area (Å²) in [5.74, 6) is -1.99. The van der Waals surface area contributed by atoms with E-state index in [9.17, 15) is 19.5 Å². The maximum Gasteiger partial charge on any atom is 0.361 e. The molecule has 0 spiro atoms. The van der Waals surface area contributed by atoms with Crippen LogP contribution in [0.1, 0.15) is 290 Å². The quantitative estimate of drug-likeness (QED) is 0.0211. The van der Waals surface area contributed by atoms with Gasteiger partial charge < -0.3 is 28.5 Å². The van der Waals surface area contributed by atoms with Gasteiger partial charge >= 0.3 is 17.9 Å². The van der Waals surface area contributed by atoms with Crippen LogP contribution in [0.5, 0.6) is 0 Å². The predicted octanol–water partition coefficient (Wildman–Crippen LogP) is 17.0. The van der Waals surface area contributed by atoms with Crippen LogP contribution in [0.2, 0.25) is 0 Å². The molecule has 0 radical (unpaired) electrons. The highest BCUT2D eigenvalue weighted by Gasteiger charge is 2.25. The lowest BCUT2D eigenvalue weighted by molar-refractivity contribution is -0.870. The molecule has 2 atom stereocenters. The normalized spacial score (nSPS) is 12.8. The number of hydrogen-bond donors (Lipinski definition) is 1. The van der Waals surface area contributed by atoms with Gasteiger partial charge in [-0.2, -0.15) is 0 Å². The SMILES string of the molecule is CCCCCCCCCC/C=C\CCCCCCCCCCCCCCCCCCCCCCCC(=O)OC(COC(=O)CCCCCCCCCCCC)COC(OCC[N+](C)(C)C)C(=O)O. The minimum Gasteiger partial charge on any atom is -0.477 e. The second kappa shape index (κ2) is 51.4. The molecule has 0 amide bonds.